The van der Waals surface area contributed by atoms with E-state index in [1.807, 2.05) is 30.0 Å². The van der Waals surface area contributed by atoms with Gasteiger partial charge in [-0.1, -0.05) is 12.1 Å². The summed E-state index contributed by atoms with van der Waals surface area (Å²) in [6.45, 7) is 3.23. The van der Waals surface area contributed by atoms with Crippen LogP contribution in [0.2, 0.25) is 0 Å². The summed E-state index contributed by atoms with van der Waals surface area (Å²) in [4.78, 5) is 13.7. The minimum absolute atomic E-state index is 0.00637. The predicted molar refractivity (Wildman–Crippen MR) is 78.4 cm³/mol. The average molecular weight is 285 g/mol. The Labute approximate surface area is 117 Å². The molecule has 1 saturated heterocycles. The van der Waals surface area contributed by atoms with E-state index < -0.39 is 0 Å². The van der Waals surface area contributed by atoms with Crippen molar-refractivity contribution in [1.29, 1.82) is 0 Å². The van der Waals surface area contributed by atoms with Gasteiger partial charge in [-0.25, -0.2) is 0 Å². The van der Waals surface area contributed by atoms with Crippen molar-refractivity contribution in [1.82, 2.24) is 4.90 Å². The summed E-state index contributed by atoms with van der Waals surface area (Å²) in [7, 11) is 0. The largest absolute Gasteiger partial charge is 0.325 e. The van der Waals surface area contributed by atoms with E-state index in [0.29, 0.717) is 0 Å². The molecular weight excluding hydrogens is 268 g/mol. The SMILES string of the molecule is O=C(CCl)Nc1cccc(CN2CCSCC2)c1. The van der Waals surface area contributed by atoms with Crippen molar-refractivity contribution in [2.45, 2.75) is 6.54 Å². The maximum absolute atomic E-state index is 11.2. The number of rotatable bonds is 4. The summed E-state index contributed by atoms with van der Waals surface area (Å²) in [5.74, 6) is 2.25. The lowest BCUT2D eigenvalue weighted by molar-refractivity contribution is -0.113. The molecule has 1 aliphatic heterocycles. The summed E-state index contributed by atoms with van der Waals surface area (Å²) in [5.41, 5.74) is 2.05. The molecule has 0 atom stereocenters. The molecule has 3 nitrogen and oxygen atoms in total. The zero-order chi connectivity index (χ0) is 12.8. The van der Waals surface area contributed by atoms with E-state index in [-0.39, 0.29) is 11.8 Å². The first-order chi connectivity index (χ1) is 8.78. The zero-order valence-corrected chi connectivity index (χ0v) is 11.8. The Morgan fingerprint density at radius 3 is 2.89 bits per heavy atom. The molecule has 0 unspecified atom stereocenters. The molecule has 1 amide bonds. The number of anilines is 1. The molecule has 2 rings (SSSR count). The normalized spacial score (nSPS) is 16.5. The number of benzene rings is 1. The lowest BCUT2D eigenvalue weighted by atomic mass is 10.2. The summed E-state index contributed by atoms with van der Waals surface area (Å²) in [6.07, 6.45) is 0. The quantitative estimate of drug-likeness (QED) is 0.862. The summed E-state index contributed by atoms with van der Waals surface area (Å²) < 4.78 is 0. The number of thioether (sulfide) groups is 1. The molecular formula is C13H17ClN2OS. The number of alkyl halides is 1. The molecule has 1 aromatic carbocycles. The van der Waals surface area contributed by atoms with Crippen LogP contribution in [-0.2, 0) is 11.3 Å². The van der Waals surface area contributed by atoms with Gasteiger partial charge in [0.15, 0.2) is 0 Å². The van der Waals surface area contributed by atoms with Crippen LogP contribution in [0, 0.1) is 0 Å². The van der Waals surface area contributed by atoms with Gasteiger partial charge >= 0.3 is 0 Å². The third-order valence-corrected chi connectivity index (χ3v) is 4.03. The van der Waals surface area contributed by atoms with Gasteiger partial charge in [0.25, 0.3) is 0 Å². The molecule has 0 spiro atoms. The van der Waals surface area contributed by atoms with Crippen molar-refractivity contribution in [3.8, 4) is 0 Å². The van der Waals surface area contributed by atoms with E-state index in [4.69, 9.17) is 11.6 Å². The van der Waals surface area contributed by atoms with Crippen LogP contribution in [0.1, 0.15) is 5.56 Å². The van der Waals surface area contributed by atoms with Crippen LogP contribution >= 0.6 is 23.4 Å². The van der Waals surface area contributed by atoms with E-state index in [0.717, 1.165) is 25.3 Å². The first-order valence-corrected chi connectivity index (χ1v) is 7.72. The van der Waals surface area contributed by atoms with Crippen LogP contribution in [0.3, 0.4) is 0 Å². The average Bonchev–Trinajstić information content (AvgIpc) is 2.40. The third-order valence-electron chi connectivity index (χ3n) is 2.84. The first-order valence-electron chi connectivity index (χ1n) is 6.03. The summed E-state index contributed by atoms with van der Waals surface area (Å²) in [6, 6.07) is 7.97. The van der Waals surface area contributed by atoms with Crippen LogP contribution in [0.4, 0.5) is 5.69 Å². The van der Waals surface area contributed by atoms with E-state index in [1.54, 1.807) is 0 Å². The summed E-state index contributed by atoms with van der Waals surface area (Å²) in [5, 5.41) is 2.78. The van der Waals surface area contributed by atoms with E-state index in [9.17, 15) is 4.79 Å². The second-order valence-corrected chi connectivity index (χ2v) is 5.76. The lowest BCUT2D eigenvalue weighted by Gasteiger charge is -2.26. The van der Waals surface area contributed by atoms with Crippen molar-refractivity contribution in [3.05, 3.63) is 29.8 Å². The van der Waals surface area contributed by atoms with Crippen molar-refractivity contribution >= 4 is 35.0 Å². The Bertz CT molecular complexity index is 408. The Hall–Kier alpha value is -0.710. The number of carbonyl (C=O) groups is 1. The second kappa shape index (κ2) is 7.02. The topological polar surface area (TPSA) is 32.3 Å². The van der Waals surface area contributed by atoms with Crippen LogP contribution in [-0.4, -0.2) is 41.3 Å². The maximum atomic E-state index is 11.2. The minimum atomic E-state index is -0.164. The number of nitrogens with one attached hydrogen (secondary N) is 1. The van der Waals surface area contributed by atoms with Crippen molar-refractivity contribution in [2.75, 3.05) is 35.8 Å². The van der Waals surface area contributed by atoms with Crippen LogP contribution in [0.5, 0.6) is 0 Å². The number of carbonyl (C=O) groups excluding carboxylic acids is 1. The van der Waals surface area contributed by atoms with Gasteiger partial charge in [-0.15, -0.1) is 11.6 Å². The van der Waals surface area contributed by atoms with Crippen molar-refractivity contribution in [2.24, 2.45) is 0 Å². The molecule has 98 valence electrons. The molecule has 1 fully saturated rings. The molecule has 1 N–H and O–H groups in total. The standard InChI is InChI=1S/C13H17ClN2OS/c14-9-13(17)15-12-3-1-2-11(8-12)10-16-4-6-18-7-5-16/h1-3,8H,4-7,9-10H2,(H,15,17). The van der Waals surface area contributed by atoms with Gasteiger partial charge in [-0.3, -0.25) is 9.69 Å². The Morgan fingerprint density at radius 1 is 1.39 bits per heavy atom. The third kappa shape index (κ3) is 4.19. The minimum Gasteiger partial charge on any atom is -0.325 e. The molecule has 1 aliphatic rings. The highest BCUT2D eigenvalue weighted by Gasteiger charge is 2.10. The summed E-state index contributed by atoms with van der Waals surface area (Å²) >= 11 is 7.49. The fourth-order valence-corrected chi connectivity index (χ4v) is 3.00. The molecule has 0 aliphatic carbocycles. The predicted octanol–water partition coefficient (Wildman–Crippen LogP) is 2.41. The number of hydrogen-bond donors (Lipinski definition) is 1. The number of amides is 1. The maximum Gasteiger partial charge on any atom is 0.239 e. The molecule has 0 radical (unpaired) electrons. The number of nitrogens with zero attached hydrogens (tertiary/aromatic N) is 1. The van der Waals surface area contributed by atoms with E-state index in [2.05, 4.69) is 16.3 Å². The van der Waals surface area contributed by atoms with Gasteiger partial charge in [0.1, 0.15) is 5.88 Å². The highest BCUT2D eigenvalue weighted by molar-refractivity contribution is 7.99. The number of hydrogen-bond acceptors (Lipinski definition) is 3. The Balaban J connectivity index is 1.95. The van der Waals surface area contributed by atoms with Crippen molar-refractivity contribution < 1.29 is 4.79 Å². The van der Waals surface area contributed by atoms with Crippen LogP contribution in [0.25, 0.3) is 0 Å². The molecule has 1 heterocycles. The molecule has 0 aromatic heterocycles. The van der Waals surface area contributed by atoms with Gasteiger partial charge in [0.2, 0.25) is 5.91 Å². The second-order valence-electron chi connectivity index (χ2n) is 4.27. The lowest BCUT2D eigenvalue weighted by Crippen LogP contribution is -2.31. The van der Waals surface area contributed by atoms with Gasteiger partial charge < -0.3 is 5.32 Å². The van der Waals surface area contributed by atoms with Crippen molar-refractivity contribution in [3.63, 3.8) is 0 Å². The first kappa shape index (κ1) is 13.7. The van der Waals surface area contributed by atoms with Gasteiger partial charge in [0, 0.05) is 36.8 Å². The van der Waals surface area contributed by atoms with Crippen LogP contribution < -0.4 is 5.32 Å². The molecule has 1 aromatic rings. The molecule has 0 bridgehead atoms. The Kier molecular flexibility index (Phi) is 5.35. The van der Waals surface area contributed by atoms with Gasteiger partial charge in [-0.05, 0) is 17.7 Å². The monoisotopic (exact) mass is 284 g/mol. The molecule has 0 saturated carbocycles. The number of halogens is 1. The molecule has 18 heavy (non-hydrogen) atoms. The molecule has 5 heteroatoms. The highest BCUT2D eigenvalue weighted by Crippen LogP contribution is 2.16. The fourth-order valence-electron chi connectivity index (χ4n) is 1.96. The smallest absolute Gasteiger partial charge is 0.239 e. The van der Waals surface area contributed by atoms with Gasteiger partial charge in [0.05, 0.1) is 0 Å². The fraction of sp³-hybridized carbons (Fsp3) is 0.462. The van der Waals surface area contributed by atoms with Crippen LogP contribution in [0.15, 0.2) is 24.3 Å². The van der Waals surface area contributed by atoms with E-state index in [1.165, 1.54) is 17.1 Å². The van der Waals surface area contributed by atoms with Gasteiger partial charge in [-0.2, -0.15) is 11.8 Å². The highest BCUT2D eigenvalue weighted by atomic mass is 35.5. The van der Waals surface area contributed by atoms with E-state index >= 15 is 0 Å². The Morgan fingerprint density at radius 2 is 2.17 bits per heavy atom. The zero-order valence-electron chi connectivity index (χ0n) is 10.2.